The number of nitrogens with one attached hydrogen (secondary N) is 3. The maximum Gasteiger partial charge on any atom is 0.469 e. The van der Waals surface area contributed by atoms with Gasteiger partial charge in [-0.2, -0.15) is 0 Å². The molecule has 0 aliphatic carbocycles. The highest BCUT2D eigenvalue weighted by molar-refractivity contribution is 7.46. The Morgan fingerprint density at radius 2 is 1.32 bits per heavy atom. The molecule has 6 N–H and O–H groups in total. The van der Waals surface area contributed by atoms with Crippen LogP contribution in [0.2, 0.25) is 0 Å². The summed E-state index contributed by atoms with van der Waals surface area (Å²) in [7, 11) is -5.16. The Morgan fingerprint density at radius 3 is 1.82 bits per heavy atom. The van der Waals surface area contributed by atoms with E-state index in [0.29, 0.717) is 12.8 Å². The number of amides is 3. The highest BCUT2D eigenvalue weighted by Crippen LogP contribution is 2.38. The third-order valence-electron chi connectivity index (χ3n) is 9.07. The van der Waals surface area contributed by atoms with Crippen LogP contribution in [0.5, 0.6) is 0 Å². The molecule has 1 aliphatic heterocycles. The van der Waals surface area contributed by atoms with Crippen molar-refractivity contribution in [3.63, 3.8) is 0 Å². The third kappa shape index (κ3) is 17.1. The number of unbranched alkanes of at least 4 members (excludes halogenated alkanes) is 10. The van der Waals surface area contributed by atoms with Crippen LogP contribution in [0.1, 0.15) is 126 Å². The van der Waals surface area contributed by atoms with Gasteiger partial charge in [-0.1, -0.05) is 98.8 Å². The summed E-state index contributed by atoms with van der Waals surface area (Å²) in [5, 5.41) is 18.7. The van der Waals surface area contributed by atoms with Crippen molar-refractivity contribution in [3.05, 3.63) is 0 Å². The van der Waals surface area contributed by atoms with Crippen molar-refractivity contribution in [3.8, 4) is 0 Å². The molecular weight excluding hydrogens is 673 g/mol. The number of hydrogen-bond donors (Lipinski definition) is 6. The Kier molecular flexibility index (Phi) is 21.0. The van der Waals surface area contributed by atoms with E-state index < -0.39 is 98.3 Å². The molecule has 0 bridgehead atoms. The largest absolute Gasteiger partial charge is 0.469 e. The van der Waals surface area contributed by atoms with Gasteiger partial charge in [-0.05, 0) is 25.7 Å². The monoisotopic (exact) mass is 735 g/mol. The van der Waals surface area contributed by atoms with Crippen molar-refractivity contribution in [1.29, 1.82) is 0 Å². The standard InChI is InChI=1S/C34H62N3O12P/c1-8-9-10-11-12-13-14-15-16-17-18-19-27-22(4)30(39)23(5)31(40)36-28(21(2)3)32(41)37-29(24(6)49-50(44,45)46)33(42)35-26(34(43)48-27)20-47-25(7)38/h21-24,26-30,39H,8-20H2,1-7H3,(H,35,42)(H,36,40)(H,37,41)(H2,44,45,46). The van der Waals surface area contributed by atoms with Gasteiger partial charge in [0.05, 0.1) is 18.1 Å². The predicted molar refractivity (Wildman–Crippen MR) is 185 cm³/mol. The van der Waals surface area contributed by atoms with E-state index in [1.165, 1.54) is 45.4 Å². The molecule has 1 saturated heterocycles. The van der Waals surface area contributed by atoms with Gasteiger partial charge in [-0.3, -0.25) is 23.7 Å². The summed E-state index contributed by atoms with van der Waals surface area (Å²) in [4.78, 5) is 84.5. The van der Waals surface area contributed by atoms with Crippen molar-refractivity contribution in [1.82, 2.24) is 16.0 Å². The van der Waals surface area contributed by atoms with Gasteiger partial charge < -0.3 is 40.3 Å². The molecule has 1 aliphatic rings. The van der Waals surface area contributed by atoms with Gasteiger partial charge in [0.25, 0.3) is 0 Å². The maximum absolute atomic E-state index is 13.6. The van der Waals surface area contributed by atoms with E-state index in [-0.39, 0.29) is 0 Å². The van der Waals surface area contributed by atoms with Crippen LogP contribution in [-0.2, 0) is 42.5 Å². The Balaban J connectivity index is 3.34. The summed E-state index contributed by atoms with van der Waals surface area (Å²) < 4.78 is 27.2. The van der Waals surface area contributed by atoms with Gasteiger partial charge in [0.1, 0.15) is 24.8 Å². The second kappa shape index (κ2) is 23.1. The summed E-state index contributed by atoms with van der Waals surface area (Å²) in [6.07, 6.45) is 8.61. The zero-order chi connectivity index (χ0) is 38.0. The van der Waals surface area contributed by atoms with Gasteiger partial charge >= 0.3 is 19.8 Å². The summed E-state index contributed by atoms with van der Waals surface area (Å²) in [6.45, 7) is 10.2. The molecular formula is C34H62N3O12P. The minimum atomic E-state index is -5.16. The quantitative estimate of drug-likeness (QED) is 0.0677. The number of rotatable bonds is 18. The zero-order valence-electron chi connectivity index (χ0n) is 30.9. The minimum Gasteiger partial charge on any atom is -0.463 e. The highest BCUT2D eigenvalue weighted by atomic mass is 31.2. The molecule has 1 heterocycles. The van der Waals surface area contributed by atoms with Gasteiger partial charge in [-0.15, -0.1) is 0 Å². The molecule has 8 unspecified atom stereocenters. The topological polar surface area (TPSA) is 227 Å². The first-order chi connectivity index (χ1) is 23.4. The van der Waals surface area contributed by atoms with Crippen molar-refractivity contribution in [2.24, 2.45) is 17.8 Å². The van der Waals surface area contributed by atoms with E-state index >= 15 is 0 Å². The van der Waals surface area contributed by atoms with E-state index in [0.717, 1.165) is 39.5 Å². The second-order valence-corrected chi connectivity index (χ2v) is 15.0. The molecule has 1 rings (SSSR count). The number of esters is 2. The molecule has 1 fully saturated rings. The summed E-state index contributed by atoms with van der Waals surface area (Å²) in [5.74, 6) is -6.73. The van der Waals surface area contributed by atoms with Crippen LogP contribution >= 0.6 is 7.82 Å². The number of phosphoric ester groups is 1. The van der Waals surface area contributed by atoms with Gasteiger partial charge in [0, 0.05) is 12.8 Å². The third-order valence-corrected chi connectivity index (χ3v) is 9.67. The van der Waals surface area contributed by atoms with E-state index in [1.807, 2.05) is 0 Å². The molecule has 15 nitrogen and oxygen atoms in total. The van der Waals surface area contributed by atoms with Crippen LogP contribution in [0.3, 0.4) is 0 Å². The normalized spacial score (nSPS) is 26.6. The number of hydrogen-bond acceptors (Lipinski definition) is 10. The molecule has 16 heteroatoms. The average molecular weight is 736 g/mol. The summed E-state index contributed by atoms with van der Waals surface area (Å²) in [6, 6.07) is -4.60. The lowest BCUT2D eigenvalue weighted by Gasteiger charge is -2.32. The van der Waals surface area contributed by atoms with Crippen LogP contribution in [0.15, 0.2) is 0 Å². The Hall–Kier alpha value is -2.58. The Bertz CT molecular complexity index is 1130. The van der Waals surface area contributed by atoms with Gasteiger partial charge in [0.15, 0.2) is 6.04 Å². The van der Waals surface area contributed by atoms with Crippen LogP contribution in [-0.4, -0.2) is 87.6 Å². The molecule has 0 aromatic carbocycles. The molecule has 8 atom stereocenters. The molecule has 0 aromatic rings. The van der Waals surface area contributed by atoms with Crippen LogP contribution in [0.25, 0.3) is 0 Å². The lowest BCUT2D eigenvalue weighted by molar-refractivity contribution is -0.162. The van der Waals surface area contributed by atoms with E-state index in [1.54, 1.807) is 20.8 Å². The summed E-state index contributed by atoms with van der Waals surface area (Å²) >= 11 is 0. The van der Waals surface area contributed by atoms with Crippen molar-refractivity contribution in [2.75, 3.05) is 6.61 Å². The number of aliphatic hydroxyl groups is 1. The van der Waals surface area contributed by atoms with Crippen molar-refractivity contribution in [2.45, 2.75) is 162 Å². The van der Waals surface area contributed by atoms with E-state index in [9.17, 15) is 43.4 Å². The number of carbonyl (C=O) groups excluding carboxylic acids is 5. The fourth-order valence-electron chi connectivity index (χ4n) is 5.87. The summed E-state index contributed by atoms with van der Waals surface area (Å²) in [5.41, 5.74) is 0. The predicted octanol–water partition coefficient (Wildman–Crippen LogP) is 3.42. The number of cyclic esters (lactones) is 1. The first-order valence-corrected chi connectivity index (χ1v) is 19.6. The lowest BCUT2D eigenvalue weighted by Crippen LogP contribution is -2.61. The van der Waals surface area contributed by atoms with E-state index in [4.69, 9.17) is 14.0 Å². The average Bonchev–Trinajstić information content (AvgIpc) is 3.03. The molecule has 0 spiro atoms. The molecule has 50 heavy (non-hydrogen) atoms. The number of carbonyl (C=O) groups is 5. The first kappa shape index (κ1) is 45.4. The lowest BCUT2D eigenvalue weighted by atomic mass is 9.86. The van der Waals surface area contributed by atoms with Crippen LogP contribution in [0.4, 0.5) is 0 Å². The zero-order valence-corrected chi connectivity index (χ0v) is 31.7. The molecule has 0 radical (unpaired) electrons. The second-order valence-electron chi connectivity index (χ2n) is 13.8. The first-order valence-electron chi connectivity index (χ1n) is 18.1. The number of phosphoric acid groups is 1. The van der Waals surface area contributed by atoms with Crippen molar-refractivity contribution >= 4 is 37.5 Å². The molecule has 0 aromatic heterocycles. The van der Waals surface area contributed by atoms with Crippen LogP contribution in [0, 0.1) is 17.8 Å². The van der Waals surface area contributed by atoms with Crippen LogP contribution < -0.4 is 16.0 Å². The smallest absolute Gasteiger partial charge is 0.463 e. The Morgan fingerprint density at radius 1 is 0.820 bits per heavy atom. The fraction of sp³-hybridized carbons (Fsp3) is 0.853. The van der Waals surface area contributed by atoms with Crippen molar-refractivity contribution < 1.29 is 57.4 Å². The van der Waals surface area contributed by atoms with Gasteiger partial charge in [-0.25, -0.2) is 9.36 Å². The highest BCUT2D eigenvalue weighted by Gasteiger charge is 2.40. The number of ether oxygens (including phenoxy) is 2. The molecule has 290 valence electrons. The molecule has 0 saturated carbocycles. The Labute approximate surface area is 297 Å². The number of aliphatic hydroxyl groups excluding tert-OH is 1. The maximum atomic E-state index is 13.6. The minimum absolute atomic E-state index is 0.341. The van der Waals surface area contributed by atoms with Gasteiger partial charge in [0.2, 0.25) is 17.7 Å². The SMILES string of the molecule is CCCCCCCCCCCCCC1OC(=O)C(COC(C)=O)NC(=O)C(C(C)OP(=O)(O)O)NC(=O)C(C(C)C)NC(=O)C(C)C(O)C1C. The van der Waals surface area contributed by atoms with E-state index in [2.05, 4.69) is 22.9 Å². The molecule has 3 amide bonds. The fourth-order valence-corrected chi connectivity index (χ4v) is 6.42.